The molecule has 1 N–H and O–H groups in total. The van der Waals surface area contributed by atoms with Gasteiger partial charge in [0.1, 0.15) is 0 Å². The van der Waals surface area contributed by atoms with E-state index in [1.165, 1.54) is 37.1 Å². The molecule has 132 valence electrons. The molecule has 2 aliphatic rings. The summed E-state index contributed by atoms with van der Waals surface area (Å²) in [5.41, 5.74) is 2.60. The molecular weight excluding hydrogens is 300 g/mol. The molecular formula is C19H30N4O. The van der Waals surface area contributed by atoms with Crippen LogP contribution in [0.15, 0.2) is 24.3 Å². The van der Waals surface area contributed by atoms with Crippen LogP contribution < -0.4 is 5.32 Å². The third kappa shape index (κ3) is 4.48. The third-order valence-corrected chi connectivity index (χ3v) is 5.18. The van der Waals surface area contributed by atoms with Crippen LogP contribution in [0, 0.1) is 0 Å². The highest BCUT2D eigenvalue weighted by Gasteiger charge is 2.23. The molecule has 0 spiro atoms. The van der Waals surface area contributed by atoms with Crippen LogP contribution in [-0.2, 0) is 13.1 Å². The molecule has 0 aromatic heterocycles. The highest BCUT2D eigenvalue weighted by Crippen LogP contribution is 2.17. The van der Waals surface area contributed by atoms with Crippen LogP contribution in [0.3, 0.4) is 0 Å². The molecule has 2 fully saturated rings. The molecule has 2 heterocycles. The summed E-state index contributed by atoms with van der Waals surface area (Å²) in [6, 6.07) is 8.84. The largest absolute Gasteiger partial charge is 0.334 e. The van der Waals surface area contributed by atoms with Crippen molar-refractivity contribution in [1.29, 1.82) is 0 Å². The highest BCUT2D eigenvalue weighted by atomic mass is 16.2. The lowest BCUT2D eigenvalue weighted by atomic mass is 10.1. The summed E-state index contributed by atoms with van der Waals surface area (Å²) in [6.45, 7) is 6.07. The van der Waals surface area contributed by atoms with E-state index in [0.29, 0.717) is 6.54 Å². The number of likely N-dealkylation sites (N-methyl/N-ethyl adjacent to an activating group) is 1. The van der Waals surface area contributed by atoms with E-state index >= 15 is 0 Å². The Bertz CT molecular complexity index is 556. The smallest absolute Gasteiger partial charge is 0.317 e. The first-order valence-corrected chi connectivity index (χ1v) is 9.11. The van der Waals surface area contributed by atoms with Crippen molar-refractivity contribution >= 4 is 6.03 Å². The number of carbonyl (C=O) groups excluding carboxylic acids is 1. The van der Waals surface area contributed by atoms with Gasteiger partial charge in [-0.15, -0.1) is 0 Å². The van der Waals surface area contributed by atoms with Crippen molar-refractivity contribution in [3.63, 3.8) is 0 Å². The second-order valence-corrected chi connectivity index (χ2v) is 7.31. The molecule has 24 heavy (non-hydrogen) atoms. The lowest BCUT2D eigenvalue weighted by Gasteiger charge is -2.23. The molecule has 5 heteroatoms. The first-order valence-electron chi connectivity index (χ1n) is 9.11. The first kappa shape index (κ1) is 17.2. The number of amides is 2. The standard InChI is InChI=1S/C19H30N4O/c1-21-12-9-18(15-21)20-19(24)22(2)13-16-7-3-4-8-17(16)14-23-10-5-6-11-23/h3-4,7-8,18H,5-6,9-15H2,1-2H3,(H,20,24)/t18-/m1/s1. The summed E-state index contributed by atoms with van der Waals surface area (Å²) < 4.78 is 0. The SMILES string of the molecule is CN1CC[C@@H](NC(=O)N(C)Cc2ccccc2CN2CCCC2)C1. The van der Waals surface area contributed by atoms with Gasteiger partial charge in [0.25, 0.3) is 0 Å². The molecule has 2 saturated heterocycles. The molecule has 1 aromatic carbocycles. The van der Waals surface area contributed by atoms with E-state index < -0.39 is 0 Å². The second kappa shape index (κ2) is 7.99. The van der Waals surface area contributed by atoms with Crippen molar-refractivity contribution in [3.05, 3.63) is 35.4 Å². The van der Waals surface area contributed by atoms with E-state index in [0.717, 1.165) is 26.1 Å². The Hall–Kier alpha value is -1.59. The van der Waals surface area contributed by atoms with Crippen molar-refractivity contribution in [2.75, 3.05) is 40.3 Å². The average molecular weight is 330 g/mol. The maximum Gasteiger partial charge on any atom is 0.317 e. The molecule has 0 radical (unpaired) electrons. The Balaban J connectivity index is 1.57. The van der Waals surface area contributed by atoms with E-state index in [9.17, 15) is 4.79 Å². The molecule has 0 saturated carbocycles. The normalized spacial score (nSPS) is 22.0. The average Bonchev–Trinajstić information content (AvgIpc) is 3.21. The predicted molar refractivity (Wildman–Crippen MR) is 96.9 cm³/mol. The van der Waals surface area contributed by atoms with Gasteiger partial charge in [-0.2, -0.15) is 0 Å². The van der Waals surface area contributed by atoms with Gasteiger partial charge in [0, 0.05) is 32.7 Å². The maximum atomic E-state index is 12.5. The molecule has 2 amide bonds. The van der Waals surface area contributed by atoms with Gasteiger partial charge in [-0.05, 0) is 57.1 Å². The van der Waals surface area contributed by atoms with Crippen molar-refractivity contribution in [1.82, 2.24) is 20.0 Å². The molecule has 5 nitrogen and oxygen atoms in total. The molecule has 1 aromatic rings. The van der Waals surface area contributed by atoms with E-state index in [4.69, 9.17) is 0 Å². The van der Waals surface area contributed by atoms with Crippen molar-refractivity contribution in [2.45, 2.75) is 38.4 Å². The van der Waals surface area contributed by atoms with Gasteiger partial charge in [-0.3, -0.25) is 4.90 Å². The number of likely N-dealkylation sites (tertiary alicyclic amines) is 2. The zero-order chi connectivity index (χ0) is 16.9. The molecule has 3 rings (SSSR count). The van der Waals surface area contributed by atoms with Gasteiger partial charge in [0.05, 0.1) is 0 Å². The quantitative estimate of drug-likeness (QED) is 0.899. The Morgan fingerprint density at radius 3 is 2.58 bits per heavy atom. The summed E-state index contributed by atoms with van der Waals surface area (Å²) in [6.07, 6.45) is 3.66. The summed E-state index contributed by atoms with van der Waals surface area (Å²) in [5, 5.41) is 3.16. The van der Waals surface area contributed by atoms with Crippen LogP contribution in [0.1, 0.15) is 30.4 Å². The van der Waals surface area contributed by atoms with Crippen molar-refractivity contribution < 1.29 is 4.79 Å². The zero-order valence-corrected chi connectivity index (χ0v) is 15.0. The van der Waals surface area contributed by atoms with Crippen LogP contribution in [0.25, 0.3) is 0 Å². The fourth-order valence-electron chi connectivity index (χ4n) is 3.71. The van der Waals surface area contributed by atoms with Crippen LogP contribution in [0.2, 0.25) is 0 Å². The van der Waals surface area contributed by atoms with Gasteiger partial charge in [0.15, 0.2) is 0 Å². The van der Waals surface area contributed by atoms with Crippen molar-refractivity contribution in [2.24, 2.45) is 0 Å². The minimum atomic E-state index is 0.0336. The summed E-state index contributed by atoms with van der Waals surface area (Å²) >= 11 is 0. The van der Waals surface area contributed by atoms with E-state index in [2.05, 4.69) is 46.4 Å². The topological polar surface area (TPSA) is 38.8 Å². The van der Waals surface area contributed by atoms with Gasteiger partial charge >= 0.3 is 6.03 Å². The molecule has 2 aliphatic heterocycles. The number of rotatable bonds is 5. The molecule has 1 atom stereocenters. The minimum Gasteiger partial charge on any atom is -0.334 e. The number of hydrogen-bond acceptors (Lipinski definition) is 3. The highest BCUT2D eigenvalue weighted by molar-refractivity contribution is 5.74. The molecule has 0 aliphatic carbocycles. The van der Waals surface area contributed by atoms with Crippen molar-refractivity contribution in [3.8, 4) is 0 Å². The monoisotopic (exact) mass is 330 g/mol. The fourth-order valence-corrected chi connectivity index (χ4v) is 3.71. The summed E-state index contributed by atoms with van der Waals surface area (Å²) in [5.74, 6) is 0. The summed E-state index contributed by atoms with van der Waals surface area (Å²) in [4.78, 5) is 19.0. The fraction of sp³-hybridized carbons (Fsp3) is 0.632. The zero-order valence-electron chi connectivity index (χ0n) is 15.0. The number of hydrogen-bond donors (Lipinski definition) is 1. The Kier molecular flexibility index (Phi) is 5.74. The van der Waals surface area contributed by atoms with Crippen LogP contribution in [-0.4, -0.2) is 67.0 Å². The first-order chi connectivity index (χ1) is 11.6. The van der Waals surface area contributed by atoms with Gasteiger partial charge in [-0.1, -0.05) is 24.3 Å². The van der Waals surface area contributed by atoms with E-state index in [-0.39, 0.29) is 12.1 Å². The van der Waals surface area contributed by atoms with Gasteiger partial charge < -0.3 is 15.1 Å². The van der Waals surface area contributed by atoms with Gasteiger partial charge in [-0.25, -0.2) is 4.79 Å². The Morgan fingerprint density at radius 2 is 1.92 bits per heavy atom. The number of urea groups is 1. The third-order valence-electron chi connectivity index (χ3n) is 5.18. The molecule has 0 unspecified atom stereocenters. The number of nitrogens with one attached hydrogen (secondary N) is 1. The minimum absolute atomic E-state index is 0.0336. The van der Waals surface area contributed by atoms with Crippen LogP contribution in [0.4, 0.5) is 4.79 Å². The Labute approximate surface area is 145 Å². The molecule has 0 bridgehead atoms. The lowest BCUT2D eigenvalue weighted by Crippen LogP contribution is -2.43. The number of nitrogens with zero attached hydrogens (tertiary/aromatic N) is 3. The number of benzene rings is 1. The van der Waals surface area contributed by atoms with Crippen LogP contribution in [0.5, 0.6) is 0 Å². The van der Waals surface area contributed by atoms with Gasteiger partial charge in [0.2, 0.25) is 0 Å². The Morgan fingerprint density at radius 1 is 1.21 bits per heavy atom. The van der Waals surface area contributed by atoms with Crippen LogP contribution >= 0.6 is 0 Å². The predicted octanol–water partition coefficient (Wildman–Crippen LogP) is 2.13. The lowest BCUT2D eigenvalue weighted by molar-refractivity contribution is 0.202. The van der Waals surface area contributed by atoms with E-state index in [1.807, 2.05) is 7.05 Å². The summed E-state index contributed by atoms with van der Waals surface area (Å²) in [7, 11) is 3.99. The maximum absolute atomic E-state index is 12.5. The second-order valence-electron chi connectivity index (χ2n) is 7.31. The number of carbonyl (C=O) groups is 1. The van der Waals surface area contributed by atoms with E-state index in [1.54, 1.807) is 4.90 Å².